The van der Waals surface area contributed by atoms with Gasteiger partial charge in [0.05, 0.1) is 0 Å². The van der Waals surface area contributed by atoms with Crippen molar-refractivity contribution >= 4 is 40.2 Å². The summed E-state index contributed by atoms with van der Waals surface area (Å²) >= 11 is 7.39. The fraction of sp³-hybridized carbons (Fsp3) is 0.714. The Morgan fingerprint density at radius 3 is 2.28 bits per heavy atom. The third-order valence-electron chi connectivity index (χ3n) is 5.40. The van der Waals surface area contributed by atoms with Crippen molar-refractivity contribution in [3.05, 3.63) is 34.3 Å². The highest BCUT2D eigenvalue weighted by atomic mass is 79.9. The van der Waals surface area contributed by atoms with Crippen molar-refractivity contribution in [2.75, 3.05) is 6.61 Å². The second kappa shape index (κ2) is 9.52. The van der Waals surface area contributed by atoms with Gasteiger partial charge < -0.3 is 4.43 Å². The summed E-state index contributed by atoms with van der Waals surface area (Å²) in [6.07, 6.45) is 4.89. The lowest BCUT2D eigenvalue weighted by molar-refractivity contribution is 0.152. The molecule has 0 spiro atoms. The molecule has 0 N–H and O–H groups in total. The number of unbranched alkanes of at least 4 members (excludes halogenated alkanes) is 1. The SMILES string of the molecule is CC(C)(CCCCC(Br)c1cccc(Br)c1)CO[Si](C)(C)C(C)(C)C. The van der Waals surface area contributed by atoms with Crippen molar-refractivity contribution in [1.82, 2.24) is 0 Å². The molecule has 0 amide bonds. The summed E-state index contributed by atoms with van der Waals surface area (Å²) in [5.74, 6) is 0. The van der Waals surface area contributed by atoms with Gasteiger partial charge >= 0.3 is 0 Å². The molecule has 0 bridgehead atoms. The van der Waals surface area contributed by atoms with Gasteiger partial charge in [0.25, 0.3) is 0 Å². The Morgan fingerprint density at radius 1 is 1.08 bits per heavy atom. The van der Waals surface area contributed by atoms with Gasteiger partial charge in [-0.05, 0) is 54.1 Å². The maximum absolute atomic E-state index is 6.44. The van der Waals surface area contributed by atoms with Gasteiger partial charge in [0.1, 0.15) is 0 Å². The number of hydrogen-bond donors (Lipinski definition) is 0. The van der Waals surface area contributed by atoms with Crippen LogP contribution in [0.15, 0.2) is 28.7 Å². The van der Waals surface area contributed by atoms with E-state index >= 15 is 0 Å². The molecule has 1 rings (SSSR count). The normalized spacial score (nSPS) is 14.6. The van der Waals surface area contributed by atoms with Gasteiger partial charge in [-0.1, -0.05) is 91.5 Å². The van der Waals surface area contributed by atoms with E-state index in [0.29, 0.717) is 4.83 Å². The third kappa shape index (κ3) is 8.27. The van der Waals surface area contributed by atoms with Crippen LogP contribution in [0.3, 0.4) is 0 Å². The summed E-state index contributed by atoms with van der Waals surface area (Å²) < 4.78 is 7.60. The second-order valence-corrected chi connectivity index (χ2v) is 16.3. The smallest absolute Gasteiger partial charge is 0.192 e. The Hall–Kier alpha value is 0.357. The Bertz CT molecular complexity index is 535. The van der Waals surface area contributed by atoms with E-state index < -0.39 is 8.32 Å². The highest BCUT2D eigenvalue weighted by Gasteiger charge is 2.38. The molecule has 0 aliphatic rings. The number of alkyl halides is 1. The molecule has 0 radical (unpaired) electrons. The maximum atomic E-state index is 6.44. The largest absolute Gasteiger partial charge is 0.416 e. The molecule has 1 aromatic carbocycles. The van der Waals surface area contributed by atoms with E-state index in [1.54, 1.807) is 0 Å². The monoisotopic (exact) mass is 490 g/mol. The van der Waals surface area contributed by atoms with Crippen LogP contribution in [0.2, 0.25) is 18.1 Å². The minimum Gasteiger partial charge on any atom is -0.416 e. The van der Waals surface area contributed by atoms with Crippen LogP contribution in [0.1, 0.15) is 70.7 Å². The van der Waals surface area contributed by atoms with Crippen LogP contribution >= 0.6 is 31.9 Å². The molecule has 0 saturated heterocycles. The lowest BCUT2D eigenvalue weighted by atomic mass is 9.88. The number of hydrogen-bond acceptors (Lipinski definition) is 1. The van der Waals surface area contributed by atoms with Gasteiger partial charge in [0.2, 0.25) is 0 Å². The molecule has 1 atom stereocenters. The topological polar surface area (TPSA) is 9.23 Å². The quantitative estimate of drug-likeness (QED) is 0.191. The zero-order valence-electron chi connectivity index (χ0n) is 17.1. The summed E-state index contributed by atoms with van der Waals surface area (Å²) in [5, 5.41) is 0.288. The third-order valence-corrected chi connectivity index (χ3v) is 11.4. The molecule has 1 aromatic rings. The molecule has 0 heterocycles. The van der Waals surface area contributed by atoms with Crippen LogP contribution in [0, 0.1) is 5.41 Å². The van der Waals surface area contributed by atoms with Crippen molar-refractivity contribution in [2.45, 2.75) is 83.3 Å². The average molecular weight is 492 g/mol. The second-order valence-electron chi connectivity index (χ2n) is 9.48. The molecular formula is C21H36Br2OSi. The average Bonchev–Trinajstić information content (AvgIpc) is 2.48. The van der Waals surface area contributed by atoms with E-state index in [9.17, 15) is 0 Å². The van der Waals surface area contributed by atoms with Gasteiger partial charge in [0.15, 0.2) is 8.32 Å². The molecule has 0 saturated carbocycles. The lowest BCUT2D eigenvalue weighted by Crippen LogP contribution is -2.43. The molecular weight excluding hydrogens is 456 g/mol. The molecule has 4 heteroatoms. The van der Waals surface area contributed by atoms with E-state index in [-0.39, 0.29) is 10.5 Å². The minimum atomic E-state index is -1.64. The number of benzene rings is 1. The van der Waals surface area contributed by atoms with Crippen molar-refractivity contribution in [1.29, 1.82) is 0 Å². The molecule has 0 aliphatic heterocycles. The fourth-order valence-electron chi connectivity index (χ4n) is 2.46. The van der Waals surface area contributed by atoms with E-state index in [1.165, 1.54) is 31.2 Å². The van der Waals surface area contributed by atoms with Crippen LogP contribution in [0.5, 0.6) is 0 Å². The van der Waals surface area contributed by atoms with Crippen molar-refractivity contribution in [2.24, 2.45) is 5.41 Å². The summed E-state index contributed by atoms with van der Waals surface area (Å²) in [4.78, 5) is 0.441. The van der Waals surface area contributed by atoms with Gasteiger partial charge in [-0.2, -0.15) is 0 Å². The lowest BCUT2D eigenvalue weighted by Gasteiger charge is -2.39. The van der Waals surface area contributed by atoms with Crippen LogP contribution < -0.4 is 0 Å². The maximum Gasteiger partial charge on any atom is 0.192 e. The van der Waals surface area contributed by atoms with Crippen LogP contribution in [-0.4, -0.2) is 14.9 Å². The van der Waals surface area contributed by atoms with E-state index in [4.69, 9.17) is 4.43 Å². The molecule has 0 aliphatic carbocycles. The first-order valence-electron chi connectivity index (χ1n) is 9.38. The van der Waals surface area contributed by atoms with Gasteiger partial charge in [-0.25, -0.2) is 0 Å². The van der Waals surface area contributed by atoms with Crippen molar-refractivity contribution in [3.8, 4) is 0 Å². The van der Waals surface area contributed by atoms with Crippen LogP contribution in [0.4, 0.5) is 0 Å². The van der Waals surface area contributed by atoms with E-state index in [1.807, 2.05) is 0 Å². The van der Waals surface area contributed by atoms with Gasteiger partial charge in [0, 0.05) is 15.9 Å². The Kier molecular flexibility index (Phi) is 8.91. The zero-order chi connectivity index (χ0) is 19.3. The summed E-state index contributed by atoms with van der Waals surface area (Å²) in [7, 11) is -1.64. The summed E-state index contributed by atoms with van der Waals surface area (Å²) in [6, 6.07) is 8.58. The summed E-state index contributed by atoms with van der Waals surface area (Å²) in [5.41, 5.74) is 1.61. The molecule has 0 aromatic heterocycles. The first-order valence-corrected chi connectivity index (χ1v) is 14.0. The molecule has 25 heavy (non-hydrogen) atoms. The summed E-state index contributed by atoms with van der Waals surface area (Å²) in [6.45, 7) is 17.2. The van der Waals surface area contributed by atoms with Crippen molar-refractivity contribution < 1.29 is 4.43 Å². The van der Waals surface area contributed by atoms with Crippen LogP contribution in [0.25, 0.3) is 0 Å². The Labute approximate surface area is 173 Å². The highest BCUT2D eigenvalue weighted by Crippen LogP contribution is 2.38. The van der Waals surface area contributed by atoms with Gasteiger partial charge in [-0.15, -0.1) is 0 Å². The van der Waals surface area contributed by atoms with E-state index in [0.717, 1.165) is 11.1 Å². The molecule has 1 nitrogen and oxygen atoms in total. The first kappa shape index (κ1) is 23.4. The Morgan fingerprint density at radius 2 is 1.72 bits per heavy atom. The standard InChI is InChI=1S/C21H36Br2OSi/c1-20(2,3)25(6,7)24-16-21(4,5)14-9-8-13-19(23)17-11-10-12-18(22)15-17/h10-12,15,19H,8-9,13-14,16H2,1-7H3. The first-order chi connectivity index (χ1) is 11.3. The number of halogens is 2. The molecule has 0 fully saturated rings. The Balaban J connectivity index is 2.37. The van der Waals surface area contributed by atoms with E-state index in [2.05, 4.69) is 104 Å². The number of rotatable bonds is 9. The van der Waals surface area contributed by atoms with Crippen LogP contribution in [-0.2, 0) is 4.43 Å². The zero-order valence-corrected chi connectivity index (χ0v) is 21.3. The highest BCUT2D eigenvalue weighted by molar-refractivity contribution is 9.10. The predicted octanol–water partition coefficient (Wildman–Crippen LogP) is 8.49. The predicted molar refractivity (Wildman–Crippen MR) is 121 cm³/mol. The molecule has 1 unspecified atom stereocenters. The fourth-order valence-corrected chi connectivity index (χ4v) is 4.67. The van der Waals surface area contributed by atoms with Crippen molar-refractivity contribution in [3.63, 3.8) is 0 Å². The van der Waals surface area contributed by atoms with Gasteiger partial charge in [-0.3, -0.25) is 0 Å². The molecule has 144 valence electrons. The minimum absolute atomic E-state index is 0.257.